The van der Waals surface area contributed by atoms with Crippen LogP contribution in [0.15, 0.2) is 60.8 Å². The van der Waals surface area contributed by atoms with E-state index in [9.17, 15) is 5.26 Å². The lowest BCUT2D eigenvalue weighted by Gasteiger charge is -2.10. The second kappa shape index (κ2) is 7.04. The number of benzene rings is 2. The minimum atomic E-state index is 0.574. The van der Waals surface area contributed by atoms with Crippen LogP contribution >= 0.6 is 11.3 Å². The van der Waals surface area contributed by atoms with Gasteiger partial charge in [-0.25, -0.2) is 4.98 Å². The van der Waals surface area contributed by atoms with Gasteiger partial charge in [0.05, 0.1) is 18.2 Å². The molecule has 0 unspecified atom stereocenters. The molecule has 4 aromatic heterocycles. The topological polar surface area (TPSA) is 105 Å². The molecule has 2 aromatic carbocycles. The van der Waals surface area contributed by atoms with Crippen LogP contribution in [-0.2, 0) is 0 Å². The minimum absolute atomic E-state index is 0.574. The molecule has 0 saturated carbocycles. The highest BCUT2D eigenvalue weighted by Crippen LogP contribution is 2.37. The monoisotopic (exact) mass is 438 g/mol. The SMILES string of the molecule is COc1ccc(Nc2c(-c3cc4ccccc4n4nnnc34)nc3sc(C#N)cn23)cc1. The number of aromatic nitrogens is 6. The number of tetrazole rings is 1. The molecule has 6 rings (SSSR count). The van der Waals surface area contributed by atoms with E-state index in [-0.39, 0.29) is 0 Å². The molecule has 0 saturated heterocycles. The third-order valence-electron chi connectivity index (χ3n) is 5.22. The lowest BCUT2D eigenvalue weighted by atomic mass is 10.1. The fourth-order valence-electron chi connectivity index (χ4n) is 3.73. The van der Waals surface area contributed by atoms with Gasteiger partial charge < -0.3 is 10.1 Å². The number of methoxy groups -OCH3 is 1. The zero-order valence-electron chi connectivity index (χ0n) is 16.7. The van der Waals surface area contributed by atoms with Gasteiger partial charge in [0.15, 0.2) is 10.6 Å². The van der Waals surface area contributed by atoms with E-state index in [1.165, 1.54) is 11.3 Å². The number of thiazole rings is 1. The van der Waals surface area contributed by atoms with E-state index in [2.05, 4.69) is 26.9 Å². The molecule has 0 spiro atoms. The van der Waals surface area contributed by atoms with Crippen LogP contribution in [0, 0.1) is 11.3 Å². The Morgan fingerprint density at radius 1 is 1.12 bits per heavy atom. The number of nitriles is 1. The number of ether oxygens (including phenoxy) is 1. The van der Waals surface area contributed by atoms with Crippen molar-refractivity contribution in [1.82, 2.24) is 29.4 Å². The molecule has 32 heavy (non-hydrogen) atoms. The van der Waals surface area contributed by atoms with Crippen molar-refractivity contribution in [2.45, 2.75) is 0 Å². The van der Waals surface area contributed by atoms with Gasteiger partial charge in [0.2, 0.25) is 0 Å². The molecule has 6 aromatic rings. The first-order chi connectivity index (χ1) is 15.7. The molecule has 1 N–H and O–H groups in total. The molecule has 10 heteroatoms. The number of hydrogen-bond acceptors (Lipinski definition) is 8. The Hall–Kier alpha value is -4.49. The molecule has 0 aliphatic rings. The Morgan fingerprint density at radius 3 is 2.78 bits per heavy atom. The van der Waals surface area contributed by atoms with Gasteiger partial charge in [0.1, 0.15) is 28.2 Å². The summed E-state index contributed by atoms with van der Waals surface area (Å²) in [6.45, 7) is 0. The number of fused-ring (bicyclic) bond motifs is 4. The lowest BCUT2D eigenvalue weighted by Crippen LogP contribution is -1.98. The molecule has 154 valence electrons. The van der Waals surface area contributed by atoms with Crippen molar-refractivity contribution < 1.29 is 4.74 Å². The van der Waals surface area contributed by atoms with E-state index in [4.69, 9.17) is 9.72 Å². The minimum Gasteiger partial charge on any atom is -0.497 e. The standard InChI is InChI=1S/C22H14N8OS/c1-31-15-8-6-14(7-9-15)24-21-19(25-22-29(21)12-16(11-23)32-22)17-10-13-4-2-3-5-18(13)30-20(17)26-27-28-30/h2-10,12,24H,1H3. The van der Waals surface area contributed by atoms with Crippen LogP contribution in [0.4, 0.5) is 11.5 Å². The van der Waals surface area contributed by atoms with Crippen molar-refractivity contribution in [2.24, 2.45) is 0 Å². The van der Waals surface area contributed by atoms with Crippen molar-refractivity contribution in [3.05, 3.63) is 65.7 Å². The maximum absolute atomic E-state index is 9.37. The second-order valence-corrected chi connectivity index (χ2v) is 8.06. The largest absolute Gasteiger partial charge is 0.497 e. The Bertz CT molecular complexity index is 1660. The van der Waals surface area contributed by atoms with Gasteiger partial charge in [-0.3, -0.25) is 4.40 Å². The Balaban J connectivity index is 1.60. The molecule has 0 radical (unpaired) electrons. The number of nitrogens with zero attached hydrogens (tertiary/aromatic N) is 7. The molecule has 0 fully saturated rings. The number of imidazole rings is 1. The van der Waals surface area contributed by atoms with Gasteiger partial charge in [-0.1, -0.05) is 29.5 Å². The van der Waals surface area contributed by atoms with Gasteiger partial charge in [-0.2, -0.15) is 9.78 Å². The molecule has 4 heterocycles. The first kappa shape index (κ1) is 18.3. The van der Waals surface area contributed by atoms with E-state index in [0.29, 0.717) is 21.2 Å². The highest BCUT2D eigenvalue weighted by molar-refractivity contribution is 7.17. The normalized spacial score (nSPS) is 11.2. The number of nitrogens with one attached hydrogen (secondary N) is 1. The molecule has 0 aliphatic carbocycles. The quantitative estimate of drug-likeness (QED) is 0.438. The fraction of sp³-hybridized carbons (Fsp3) is 0.0455. The molecule has 0 atom stereocenters. The first-order valence-corrected chi connectivity index (χ1v) is 10.5. The number of para-hydroxylation sites is 1. The summed E-state index contributed by atoms with van der Waals surface area (Å²) in [5, 5.41) is 26.2. The Labute approximate surface area is 185 Å². The van der Waals surface area contributed by atoms with Crippen LogP contribution in [0.3, 0.4) is 0 Å². The average molecular weight is 438 g/mol. The number of anilines is 2. The predicted molar refractivity (Wildman–Crippen MR) is 121 cm³/mol. The molecule has 0 amide bonds. The Kier molecular flexibility index (Phi) is 4.02. The van der Waals surface area contributed by atoms with Gasteiger partial charge in [-0.05, 0) is 46.8 Å². The van der Waals surface area contributed by atoms with Crippen LogP contribution < -0.4 is 10.1 Å². The smallest absolute Gasteiger partial charge is 0.197 e. The van der Waals surface area contributed by atoms with Crippen LogP contribution in [0.1, 0.15) is 4.88 Å². The van der Waals surface area contributed by atoms with E-state index in [1.807, 2.05) is 59.0 Å². The van der Waals surface area contributed by atoms with Gasteiger partial charge in [0.25, 0.3) is 0 Å². The highest BCUT2D eigenvalue weighted by Gasteiger charge is 2.21. The van der Waals surface area contributed by atoms with Crippen molar-refractivity contribution in [3.8, 4) is 23.1 Å². The average Bonchev–Trinajstić information content (AvgIpc) is 3.55. The zero-order chi connectivity index (χ0) is 21.7. The van der Waals surface area contributed by atoms with E-state index in [1.54, 1.807) is 17.8 Å². The summed E-state index contributed by atoms with van der Waals surface area (Å²) in [7, 11) is 1.63. The third kappa shape index (κ3) is 2.76. The van der Waals surface area contributed by atoms with Crippen LogP contribution in [0.2, 0.25) is 0 Å². The molecular formula is C22H14N8OS. The fourth-order valence-corrected chi connectivity index (χ4v) is 4.51. The number of pyridine rings is 1. The zero-order valence-corrected chi connectivity index (χ0v) is 17.5. The van der Waals surface area contributed by atoms with Gasteiger partial charge >= 0.3 is 0 Å². The summed E-state index contributed by atoms with van der Waals surface area (Å²) in [6.07, 6.45) is 1.78. The molecular weight excluding hydrogens is 424 g/mol. The van der Waals surface area contributed by atoms with E-state index in [0.717, 1.165) is 33.7 Å². The van der Waals surface area contributed by atoms with Gasteiger partial charge in [0, 0.05) is 17.3 Å². The second-order valence-electron chi connectivity index (χ2n) is 7.05. The third-order valence-corrected chi connectivity index (χ3v) is 6.11. The van der Waals surface area contributed by atoms with E-state index >= 15 is 0 Å². The summed E-state index contributed by atoms with van der Waals surface area (Å²) in [5.41, 5.74) is 3.86. The van der Waals surface area contributed by atoms with Crippen molar-refractivity contribution in [3.63, 3.8) is 0 Å². The summed E-state index contributed by atoms with van der Waals surface area (Å²) in [6, 6.07) is 19.8. The van der Waals surface area contributed by atoms with Crippen molar-refractivity contribution in [1.29, 1.82) is 5.26 Å². The van der Waals surface area contributed by atoms with Crippen LogP contribution in [0.5, 0.6) is 5.75 Å². The predicted octanol–water partition coefficient (Wildman–Crippen LogP) is 4.28. The summed E-state index contributed by atoms with van der Waals surface area (Å²) in [4.78, 5) is 6.13. The number of rotatable bonds is 4. The number of hydrogen-bond donors (Lipinski definition) is 1. The summed E-state index contributed by atoms with van der Waals surface area (Å²) < 4.78 is 8.87. The summed E-state index contributed by atoms with van der Waals surface area (Å²) in [5.74, 6) is 1.49. The maximum atomic E-state index is 9.37. The first-order valence-electron chi connectivity index (χ1n) is 9.68. The van der Waals surface area contributed by atoms with Gasteiger partial charge in [-0.15, -0.1) is 5.10 Å². The highest BCUT2D eigenvalue weighted by atomic mass is 32.1. The molecule has 0 aliphatic heterocycles. The lowest BCUT2D eigenvalue weighted by molar-refractivity contribution is 0.415. The molecule has 0 bridgehead atoms. The van der Waals surface area contributed by atoms with Crippen LogP contribution in [-0.4, -0.2) is 36.5 Å². The van der Waals surface area contributed by atoms with Crippen LogP contribution in [0.25, 0.3) is 32.8 Å². The van der Waals surface area contributed by atoms with Crippen molar-refractivity contribution in [2.75, 3.05) is 12.4 Å². The van der Waals surface area contributed by atoms with Crippen molar-refractivity contribution >= 4 is 44.4 Å². The summed E-state index contributed by atoms with van der Waals surface area (Å²) >= 11 is 1.33. The maximum Gasteiger partial charge on any atom is 0.197 e. The van der Waals surface area contributed by atoms with E-state index < -0.39 is 0 Å². The Morgan fingerprint density at radius 2 is 1.97 bits per heavy atom. The molecule has 9 nitrogen and oxygen atoms in total.